The van der Waals surface area contributed by atoms with E-state index in [2.05, 4.69) is 32.9 Å². The molecule has 4 nitrogen and oxygen atoms in total. The quantitative estimate of drug-likeness (QED) is 0.854. The van der Waals surface area contributed by atoms with E-state index in [-0.39, 0.29) is 5.60 Å². The topological polar surface area (TPSA) is 30.3 Å². The van der Waals surface area contributed by atoms with E-state index >= 15 is 0 Å². The van der Waals surface area contributed by atoms with Crippen LogP contribution < -0.4 is 0 Å². The summed E-state index contributed by atoms with van der Waals surface area (Å²) < 4.78 is 8.37. The van der Waals surface area contributed by atoms with Crippen LogP contribution in [-0.4, -0.2) is 34.1 Å². The van der Waals surface area contributed by atoms with Gasteiger partial charge in [0.2, 0.25) is 0 Å². The summed E-state index contributed by atoms with van der Waals surface area (Å²) in [6, 6.07) is 2.29. The Bertz CT molecular complexity index is 625. The van der Waals surface area contributed by atoms with Gasteiger partial charge in [-0.1, -0.05) is 0 Å². The number of hydrogen-bond acceptors (Lipinski definition) is 4. The van der Waals surface area contributed by atoms with Crippen LogP contribution in [0, 0.1) is 0 Å². The summed E-state index contributed by atoms with van der Waals surface area (Å²) in [6.45, 7) is 3.99. The van der Waals surface area contributed by atoms with Crippen LogP contribution in [0.5, 0.6) is 0 Å². The number of hydrogen-bond donors (Lipinski definition) is 0. The molecule has 2 aromatic heterocycles. The Balaban J connectivity index is 1.47. The van der Waals surface area contributed by atoms with Gasteiger partial charge in [0, 0.05) is 43.8 Å². The van der Waals surface area contributed by atoms with Crippen LogP contribution in [0.3, 0.4) is 0 Å². The number of fused-ring (bicyclic) bond motifs is 2. The normalized spacial score (nSPS) is 21.6. The molecule has 21 heavy (non-hydrogen) atoms. The average molecular weight is 303 g/mol. The number of thiophene rings is 1. The predicted octanol–water partition coefficient (Wildman–Crippen LogP) is 2.55. The highest BCUT2D eigenvalue weighted by Crippen LogP contribution is 2.43. The van der Waals surface area contributed by atoms with Crippen molar-refractivity contribution in [2.24, 2.45) is 7.05 Å². The Morgan fingerprint density at radius 2 is 2.24 bits per heavy atom. The molecule has 0 saturated carbocycles. The number of aryl methyl sites for hydroxylation is 1. The van der Waals surface area contributed by atoms with Gasteiger partial charge >= 0.3 is 0 Å². The molecule has 1 spiro atoms. The van der Waals surface area contributed by atoms with Crippen LogP contribution in [0.1, 0.15) is 29.1 Å². The van der Waals surface area contributed by atoms with Gasteiger partial charge in [-0.3, -0.25) is 4.90 Å². The number of rotatable bonds is 2. The van der Waals surface area contributed by atoms with Crippen molar-refractivity contribution in [2.45, 2.75) is 31.4 Å². The molecule has 5 heteroatoms. The smallest absolute Gasteiger partial charge is 0.122 e. The highest BCUT2D eigenvalue weighted by Gasteiger charge is 2.41. The summed E-state index contributed by atoms with van der Waals surface area (Å²) >= 11 is 1.89. The van der Waals surface area contributed by atoms with Gasteiger partial charge in [-0.25, -0.2) is 4.98 Å². The second kappa shape index (κ2) is 5.23. The first-order valence-corrected chi connectivity index (χ1v) is 8.54. The molecule has 4 heterocycles. The zero-order chi connectivity index (χ0) is 14.3. The Hall–Kier alpha value is -1.17. The minimum Gasteiger partial charge on any atom is -0.370 e. The summed E-state index contributed by atoms with van der Waals surface area (Å²) in [5.41, 5.74) is 1.46. The van der Waals surface area contributed by atoms with Gasteiger partial charge in [-0.2, -0.15) is 0 Å². The zero-order valence-electron chi connectivity index (χ0n) is 12.4. The first kappa shape index (κ1) is 13.5. The van der Waals surface area contributed by atoms with E-state index in [1.807, 2.05) is 23.7 Å². The Labute approximate surface area is 129 Å². The summed E-state index contributed by atoms with van der Waals surface area (Å²) in [7, 11) is 2.07. The molecule has 0 aliphatic carbocycles. The lowest BCUT2D eigenvalue weighted by Crippen LogP contribution is -2.46. The maximum Gasteiger partial charge on any atom is 0.122 e. The Morgan fingerprint density at radius 3 is 3.00 bits per heavy atom. The minimum absolute atomic E-state index is 0.00821. The molecule has 1 saturated heterocycles. The van der Waals surface area contributed by atoms with E-state index < -0.39 is 0 Å². The van der Waals surface area contributed by atoms with Gasteiger partial charge in [0.05, 0.1) is 18.8 Å². The van der Waals surface area contributed by atoms with Crippen LogP contribution >= 0.6 is 11.3 Å². The molecule has 2 aromatic rings. The lowest BCUT2D eigenvalue weighted by atomic mass is 9.82. The molecular weight excluding hydrogens is 282 g/mol. The number of aromatic nitrogens is 2. The van der Waals surface area contributed by atoms with E-state index in [9.17, 15) is 0 Å². The number of nitrogens with zero attached hydrogens (tertiary/aromatic N) is 3. The molecule has 0 amide bonds. The molecule has 0 radical (unpaired) electrons. The molecule has 1 fully saturated rings. The van der Waals surface area contributed by atoms with Crippen molar-refractivity contribution < 1.29 is 4.74 Å². The fourth-order valence-electron chi connectivity index (χ4n) is 3.59. The van der Waals surface area contributed by atoms with Crippen LogP contribution in [-0.2, 0) is 30.4 Å². The summed E-state index contributed by atoms with van der Waals surface area (Å²) in [5.74, 6) is 1.15. The molecule has 2 aliphatic rings. The fraction of sp³-hybridized carbons (Fsp3) is 0.562. The number of piperidine rings is 1. The standard InChI is InChI=1S/C16H21N3OS/c1-18-9-6-17-15(18)12-19-7-4-16(5-8-19)13-3-11-21-14(13)2-10-20-16/h3,6,9,11H,2,4-5,7-8,10,12H2,1H3. The maximum absolute atomic E-state index is 6.26. The van der Waals surface area contributed by atoms with Gasteiger partial charge in [0.25, 0.3) is 0 Å². The lowest BCUT2D eigenvalue weighted by molar-refractivity contribution is -0.0983. The third-order valence-corrected chi connectivity index (χ3v) is 5.87. The van der Waals surface area contributed by atoms with Crippen LogP contribution in [0.15, 0.2) is 23.8 Å². The third-order valence-electron chi connectivity index (χ3n) is 4.89. The van der Waals surface area contributed by atoms with Crippen LogP contribution in [0.25, 0.3) is 0 Å². The first-order valence-electron chi connectivity index (χ1n) is 7.66. The summed E-state index contributed by atoms with van der Waals surface area (Å²) in [4.78, 5) is 8.47. The van der Waals surface area contributed by atoms with Crippen molar-refractivity contribution in [3.05, 3.63) is 40.1 Å². The fourth-order valence-corrected chi connectivity index (χ4v) is 4.54. The monoisotopic (exact) mass is 303 g/mol. The molecule has 2 aliphatic heterocycles. The summed E-state index contributed by atoms with van der Waals surface area (Å²) in [6.07, 6.45) is 7.18. The third kappa shape index (κ3) is 2.33. The van der Waals surface area contributed by atoms with E-state index in [1.165, 1.54) is 5.56 Å². The molecule has 0 unspecified atom stereocenters. The predicted molar refractivity (Wildman–Crippen MR) is 83.4 cm³/mol. The van der Waals surface area contributed by atoms with E-state index in [4.69, 9.17) is 4.74 Å². The van der Waals surface area contributed by atoms with E-state index in [0.29, 0.717) is 0 Å². The van der Waals surface area contributed by atoms with E-state index in [0.717, 1.165) is 51.3 Å². The molecule has 0 aromatic carbocycles. The maximum atomic E-state index is 6.26. The molecule has 0 bridgehead atoms. The summed E-state index contributed by atoms with van der Waals surface area (Å²) in [5, 5.41) is 2.22. The van der Waals surface area contributed by atoms with Crippen LogP contribution in [0.4, 0.5) is 0 Å². The van der Waals surface area contributed by atoms with Crippen molar-refractivity contribution in [2.75, 3.05) is 19.7 Å². The SMILES string of the molecule is Cn1ccnc1CN1CCC2(CC1)OCCc1sccc12. The van der Waals surface area contributed by atoms with Gasteiger partial charge in [-0.15, -0.1) is 11.3 Å². The van der Waals surface area contributed by atoms with E-state index in [1.54, 1.807) is 4.88 Å². The van der Waals surface area contributed by atoms with Crippen molar-refractivity contribution >= 4 is 11.3 Å². The molecule has 0 N–H and O–H groups in total. The Kier molecular flexibility index (Phi) is 3.36. The highest BCUT2D eigenvalue weighted by molar-refractivity contribution is 7.10. The van der Waals surface area contributed by atoms with Gasteiger partial charge < -0.3 is 9.30 Å². The Morgan fingerprint density at radius 1 is 1.38 bits per heavy atom. The number of ether oxygens (including phenoxy) is 1. The lowest BCUT2D eigenvalue weighted by Gasteiger charge is -2.44. The number of imidazole rings is 1. The second-order valence-corrected chi connectivity index (χ2v) is 7.08. The average Bonchev–Trinajstić information content (AvgIpc) is 3.12. The van der Waals surface area contributed by atoms with Crippen LogP contribution in [0.2, 0.25) is 0 Å². The van der Waals surface area contributed by atoms with Crippen molar-refractivity contribution in [1.82, 2.24) is 14.5 Å². The molecular formula is C16H21N3OS. The van der Waals surface area contributed by atoms with Gasteiger partial charge in [-0.05, 0) is 29.9 Å². The van der Waals surface area contributed by atoms with Gasteiger partial charge in [0.1, 0.15) is 5.82 Å². The second-order valence-electron chi connectivity index (χ2n) is 6.08. The number of likely N-dealkylation sites (tertiary alicyclic amines) is 1. The minimum atomic E-state index is -0.00821. The van der Waals surface area contributed by atoms with Crippen molar-refractivity contribution in [3.63, 3.8) is 0 Å². The molecule has 112 valence electrons. The van der Waals surface area contributed by atoms with Gasteiger partial charge in [0.15, 0.2) is 0 Å². The molecule has 0 atom stereocenters. The first-order chi connectivity index (χ1) is 10.3. The van der Waals surface area contributed by atoms with Crippen molar-refractivity contribution in [3.8, 4) is 0 Å². The van der Waals surface area contributed by atoms with Crippen molar-refractivity contribution in [1.29, 1.82) is 0 Å². The molecule has 4 rings (SSSR count). The zero-order valence-corrected chi connectivity index (χ0v) is 13.2. The highest BCUT2D eigenvalue weighted by atomic mass is 32.1. The largest absolute Gasteiger partial charge is 0.370 e.